The van der Waals surface area contributed by atoms with E-state index in [1.54, 1.807) is 0 Å². The molecule has 1 aliphatic rings. The number of pyridine rings is 1. The van der Waals surface area contributed by atoms with Crippen LogP contribution in [-0.4, -0.2) is 11.5 Å². The summed E-state index contributed by atoms with van der Waals surface area (Å²) in [6.45, 7) is 5.39. The summed E-state index contributed by atoms with van der Waals surface area (Å²) in [5.74, 6) is 1.62. The molecular formula is C10H14N2. The molecule has 12 heavy (non-hydrogen) atoms. The van der Waals surface area contributed by atoms with Crippen LogP contribution in [0.15, 0.2) is 12.1 Å². The third-order valence-electron chi connectivity index (χ3n) is 2.28. The molecule has 2 rings (SSSR count). The molecule has 0 aromatic carbocycles. The fourth-order valence-electron chi connectivity index (χ4n) is 1.49. The highest BCUT2D eigenvalue weighted by atomic mass is 15.0. The van der Waals surface area contributed by atoms with Crippen LogP contribution in [0.25, 0.3) is 0 Å². The van der Waals surface area contributed by atoms with Gasteiger partial charge in [-0.05, 0) is 24.0 Å². The molecule has 0 spiro atoms. The van der Waals surface area contributed by atoms with Crippen molar-refractivity contribution in [1.82, 2.24) is 4.98 Å². The zero-order valence-electron chi connectivity index (χ0n) is 7.59. The lowest BCUT2D eigenvalue weighted by Gasteiger charge is -2.06. The topological polar surface area (TPSA) is 24.9 Å². The van der Waals surface area contributed by atoms with Gasteiger partial charge in [-0.3, -0.25) is 0 Å². The van der Waals surface area contributed by atoms with Crippen LogP contribution in [0.5, 0.6) is 0 Å². The molecule has 0 amide bonds. The molecule has 2 heteroatoms. The van der Waals surface area contributed by atoms with Gasteiger partial charge in [0.1, 0.15) is 5.82 Å². The summed E-state index contributed by atoms with van der Waals surface area (Å²) >= 11 is 0. The van der Waals surface area contributed by atoms with Crippen molar-refractivity contribution < 1.29 is 0 Å². The fourth-order valence-corrected chi connectivity index (χ4v) is 1.49. The van der Waals surface area contributed by atoms with E-state index in [0.717, 1.165) is 18.8 Å². The Balaban J connectivity index is 2.39. The second-order valence-electron chi connectivity index (χ2n) is 3.58. The maximum absolute atomic E-state index is 4.54. The molecule has 0 unspecified atom stereocenters. The molecule has 0 atom stereocenters. The molecule has 1 aliphatic heterocycles. The van der Waals surface area contributed by atoms with Crippen LogP contribution < -0.4 is 5.32 Å². The molecule has 0 saturated carbocycles. The molecule has 1 N–H and O–H groups in total. The predicted molar refractivity (Wildman–Crippen MR) is 50.5 cm³/mol. The Bertz CT molecular complexity index is 292. The van der Waals surface area contributed by atoms with Gasteiger partial charge >= 0.3 is 0 Å². The first-order valence-electron chi connectivity index (χ1n) is 4.51. The molecule has 0 bridgehead atoms. The number of anilines is 1. The Morgan fingerprint density at radius 2 is 2.25 bits per heavy atom. The molecule has 0 aliphatic carbocycles. The van der Waals surface area contributed by atoms with Crippen LogP contribution >= 0.6 is 0 Å². The predicted octanol–water partition coefficient (Wildman–Crippen LogP) is 2.17. The Morgan fingerprint density at radius 1 is 1.42 bits per heavy atom. The van der Waals surface area contributed by atoms with Gasteiger partial charge in [0.05, 0.1) is 0 Å². The Morgan fingerprint density at radius 3 is 3.00 bits per heavy atom. The van der Waals surface area contributed by atoms with Gasteiger partial charge in [0, 0.05) is 12.2 Å². The number of hydrogen-bond donors (Lipinski definition) is 1. The average Bonchev–Trinajstić information content (AvgIpc) is 2.49. The minimum absolute atomic E-state index is 0.526. The molecule has 0 fully saturated rings. The lowest BCUT2D eigenvalue weighted by atomic mass is 10.1. The van der Waals surface area contributed by atoms with Gasteiger partial charge in [0.25, 0.3) is 0 Å². The van der Waals surface area contributed by atoms with Crippen LogP contribution in [0, 0.1) is 0 Å². The Labute approximate surface area is 73.0 Å². The minimum atomic E-state index is 0.526. The second kappa shape index (κ2) is 2.77. The van der Waals surface area contributed by atoms with Gasteiger partial charge in [0.15, 0.2) is 0 Å². The van der Waals surface area contributed by atoms with E-state index in [9.17, 15) is 0 Å². The lowest BCUT2D eigenvalue weighted by Crippen LogP contribution is -1.97. The quantitative estimate of drug-likeness (QED) is 0.684. The van der Waals surface area contributed by atoms with Crippen molar-refractivity contribution in [2.45, 2.75) is 26.2 Å². The smallest absolute Gasteiger partial charge is 0.129 e. The van der Waals surface area contributed by atoms with Crippen LogP contribution in [0.4, 0.5) is 5.82 Å². The summed E-state index contributed by atoms with van der Waals surface area (Å²) in [7, 11) is 0. The number of aromatic nitrogens is 1. The zero-order valence-corrected chi connectivity index (χ0v) is 7.59. The van der Waals surface area contributed by atoms with Crippen LogP contribution in [-0.2, 0) is 6.42 Å². The van der Waals surface area contributed by atoms with Crippen molar-refractivity contribution in [3.63, 3.8) is 0 Å². The van der Waals surface area contributed by atoms with E-state index in [1.165, 1.54) is 11.3 Å². The maximum Gasteiger partial charge on any atom is 0.129 e. The van der Waals surface area contributed by atoms with Crippen molar-refractivity contribution in [2.75, 3.05) is 11.9 Å². The lowest BCUT2D eigenvalue weighted by molar-refractivity contribution is 0.824. The van der Waals surface area contributed by atoms with Crippen molar-refractivity contribution in [2.24, 2.45) is 0 Å². The van der Waals surface area contributed by atoms with E-state index >= 15 is 0 Å². The van der Waals surface area contributed by atoms with Crippen molar-refractivity contribution in [3.05, 3.63) is 23.4 Å². The largest absolute Gasteiger partial charge is 0.370 e. The third-order valence-corrected chi connectivity index (χ3v) is 2.28. The van der Waals surface area contributed by atoms with Gasteiger partial charge in [-0.2, -0.15) is 0 Å². The highest BCUT2D eigenvalue weighted by Gasteiger charge is 2.12. The molecule has 2 nitrogen and oxygen atoms in total. The Kier molecular flexibility index (Phi) is 1.75. The van der Waals surface area contributed by atoms with E-state index in [2.05, 4.69) is 36.3 Å². The average molecular weight is 162 g/mol. The molecule has 0 radical (unpaired) electrons. The normalized spacial score (nSPS) is 14.6. The van der Waals surface area contributed by atoms with Gasteiger partial charge in [-0.15, -0.1) is 0 Å². The highest BCUT2D eigenvalue weighted by Crippen LogP contribution is 2.22. The SMILES string of the molecule is CC(C)c1ccc2c(n1)NCC2. The number of nitrogens with zero attached hydrogens (tertiary/aromatic N) is 1. The number of fused-ring (bicyclic) bond motifs is 1. The van der Waals surface area contributed by atoms with Crippen LogP contribution in [0.3, 0.4) is 0 Å². The molecule has 1 aromatic rings. The standard InChI is InChI=1S/C10H14N2/c1-7(2)9-4-3-8-5-6-11-10(8)12-9/h3-4,7H,5-6H2,1-2H3,(H,11,12). The summed E-state index contributed by atoms with van der Waals surface area (Å²) in [5, 5.41) is 3.28. The fraction of sp³-hybridized carbons (Fsp3) is 0.500. The molecular weight excluding hydrogens is 148 g/mol. The van der Waals surface area contributed by atoms with E-state index in [0.29, 0.717) is 5.92 Å². The first kappa shape index (κ1) is 7.59. The van der Waals surface area contributed by atoms with E-state index in [-0.39, 0.29) is 0 Å². The zero-order chi connectivity index (χ0) is 8.55. The summed E-state index contributed by atoms with van der Waals surface area (Å²) < 4.78 is 0. The molecule has 64 valence electrons. The maximum atomic E-state index is 4.54. The summed E-state index contributed by atoms with van der Waals surface area (Å²) in [5.41, 5.74) is 2.54. The molecule has 2 heterocycles. The van der Waals surface area contributed by atoms with Crippen molar-refractivity contribution in [3.8, 4) is 0 Å². The monoisotopic (exact) mass is 162 g/mol. The highest BCUT2D eigenvalue weighted by molar-refractivity contribution is 5.49. The third kappa shape index (κ3) is 1.17. The first-order chi connectivity index (χ1) is 5.77. The van der Waals surface area contributed by atoms with Crippen LogP contribution in [0.2, 0.25) is 0 Å². The summed E-state index contributed by atoms with van der Waals surface area (Å²) in [6, 6.07) is 4.33. The van der Waals surface area contributed by atoms with Crippen LogP contribution in [0.1, 0.15) is 31.0 Å². The van der Waals surface area contributed by atoms with Crippen molar-refractivity contribution in [1.29, 1.82) is 0 Å². The second-order valence-corrected chi connectivity index (χ2v) is 3.58. The Hall–Kier alpha value is -1.05. The molecule has 1 aromatic heterocycles. The van der Waals surface area contributed by atoms with E-state index in [4.69, 9.17) is 0 Å². The minimum Gasteiger partial charge on any atom is -0.370 e. The van der Waals surface area contributed by atoms with E-state index < -0.39 is 0 Å². The number of nitrogens with one attached hydrogen (secondary N) is 1. The molecule has 0 saturated heterocycles. The summed E-state index contributed by atoms with van der Waals surface area (Å²) in [6.07, 6.45) is 1.13. The van der Waals surface area contributed by atoms with Gasteiger partial charge in [-0.1, -0.05) is 19.9 Å². The number of hydrogen-bond acceptors (Lipinski definition) is 2. The number of rotatable bonds is 1. The first-order valence-corrected chi connectivity index (χ1v) is 4.51. The van der Waals surface area contributed by atoms with Crippen molar-refractivity contribution >= 4 is 5.82 Å². The van der Waals surface area contributed by atoms with Gasteiger partial charge in [-0.25, -0.2) is 4.98 Å². The van der Waals surface area contributed by atoms with Gasteiger partial charge < -0.3 is 5.32 Å². The van der Waals surface area contributed by atoms with E-state index in [1.807, 2.05) is 0 Å². The van der Waals surface area contributed by atoms with Gasteiger partial charge in [0.2, 0.25) is 0 Å². The summed E-state index contributed by atoms with van der Waals surface area (Å²) in [4.78, 5) is 4.54.